The van der Waals surface area contributed by atoms with Gasteiger partial charge in [-0.05, 0) is 59.0 Å². The summed E-state index contributed by atoms with van der Waals surface area (Å²) in [6.45, 7) is 6.92. The van der Waals surface area contributed by atoms with Crippen LogP contribution in [0, 0.1) is 17.2 Å². The number of hydrogen-bond acceptors (Lipinski definition) is 5. The van der Waals surface area contributed by atoms with Crippen LogP contribution in [-0.2, 0) is 4.84 Å². The van der Waals surface area contributed by atoms with Gasteiger partial charge in [0.1, 0.15) is 12.2 Å². The number of carbonyl (C=O) groups is 1. The molecule has 2 heterocycles. The van der Waals surface area contributed by atoms with E-state index >= 15 is 0 Å². The van der Waals surface area contributed by atoms with Crippen LogP contribution in [0.1, 0.15) is 46.0 Å². The molecular weight excluding hydrogens is 308 g/mol. The van der Waals surface area contributed by atoms with E-state index in [2.05, 4.69) is 16.1 Å². The number of likely N-dealkylation sites (tertiary alicyclic amines) is 2. The number of oxime groups is 1. The lowest BCUT2D eigenvalue weighted by Crippen LogP contribution is -2.43. The monoisotopic (exact) mass is 336 g/mol. The third-order valence-electron chi connectivity index (χ3n) is 4.88. The smallest absolute Gasteiger partial charge is 0.407 e. The molecule has 7 heteroatoms. The van der Waals surface area contributed by atoms with E-state index in [0.717, 1.165) is 45.2 Å². The van der Waals surface area contributed by atoms with Gasteiger partial charge in [-0.15, -0.1) is 0 Å². The molecule has 134 valence electrons. The zero-order valence-corrected chi connectivity index (χ0v) is 14.6. The van der Waals surface area contributed by atoms with E-state index in [0.29, 0.717) is 24.8 Å². The topological polar surface area (TPSA) is 89.2 Å². The predicted octanol–water partition coefficient (Wildman–Crippen LogP) is 2.54. The Hall–Kier alpha value is -1.81. The number of piperidine rings is 1. The predicted molar refractivity (Wildman–Crippen MR) is 90.8 cm³/mol. The summed E-state index contributed by atoms with van der Waals surface area (Å²) in [5.41, 5.74) is 0.501. The fourth-order valence-electron chi connectivity index (χ4n) is 3.52. The van der Waals surface area contributed by atoms with Gasteiger partial charge in [0.15, 0.2) is 5.71 Å². The molecule has 24 heavy (non-hydrogen) atoms. The third-order valence-corrected chi connectivity index (χ3v) is 4.88. The molecule has 2 rings (SSSR count). The van der Waals surface area contributed by atoms with Gasteiger partial charge in [-0.25, -0.2) is 4.79 Å². The van der Waals surface area contributed by atoms with Gasteiger partial charge in [0.05, 0.1) is 0 Å². The molecule has 0 aromatic rings. The van der Waals surface area contributed by atoms with Gasteiger partial charge >= 0.3 is 6.09 Å². The Kier molecular flexibility index (Phi) is 6.85. The molecule has 0 aromatic heterocycles. The second-order valence-electron chi connectivity index (χ2n) is 6.91. The van der Waals surface area contributed by atoms with Crippen molar-refractivity contribution in [1.82, 2.24) is 9.80 Å². The summed E-state index contributed by atoms with van der Waals surface area (Å²) in [6, 6.07) is 2.63. The minimum absolute atomic E-state index is 0.0170. The summed E-state index contributed by atoms with van der Waals surface area (Å²) in [6.07, 6.45) is 3.85. The number of rotatable bonds is 4. The summed E-state index contributed by atoms with van der Waals surface area (Å²) in [4.78, 5) is 20.3. The molecule has 0 aliphatic carbocycles. The van der Waals surface area contributed by atoms with Crippen LogP contribution in [0.4, 0.5) is 4.79 Å². The van der Waals surface area contributed by atoms with Gasteiger partial charge in [-0.2, -0.15) is 5.26 Å². The van der Waals surface area contributed by atoms with Crippen LogP contribution in [0.5, 0.6) is 0 Å². The Balaban J connectivity index is 1.85. The Labute approximate surface area is 143 Å². The summed E-state index contributed by atoms with van der Waals surface area (Å²) in [5, 5.41) is 22.4. The van der Waals surface area contributed by atoms with Crippen LogP contribution in [0.25, 0.3) is 0 Å². The van der Waals surface area contributed by atoms with Gasteiger partial charge in [0.25, 0.3) is 0 Å². The number of nitriles is 1. The molecule has 1 amide bonds. The maximum Gasteiger partial charge on any atom is 0.407 e. The van der Waals surface area contributed by atoms with Crippen LogP contribution in [-0.4, -0.2) is 65.0 Å². The van der Waals surface area contributed by atoms with E-state index in [9.17, 15) is 10.1 Å². The number of nitrogens with zero attached hydrogens (tertiary/aromatic N) is 4. The Bertz CT molecular complexity index is 493. The molecule has 2 aliphatic heterocycles. The highest BCUT2D eigenvalue weighted by atomic mass is 16.6. The SMILES string of the molecule is CC(C)O/N=C(\C#N)C1CCN(C2CCCN(C(=O)O)CC2)CC1. The van der Waals surface area contributed by atoms with Gasteiger partial charge in [0, 0.05) is 25.0 Å². The lowest BCUT2D eigenvalue weighted by molar-refractivity contribution is 0.0830. The molecule has 1 unspecified atom stereocenters. The molecule has 7 nitrogen and oxygen atoms in total. The van der Waals surface area contributed by atoms with E-state index in [1.165, 1.54) is 4.90 Å². The van der Waals surface area contributed by atoms with Gasteiger partial charge in [0.2, 0.25) is 0 Å². The van der Waals surface area contributed by atoms with Crippen molar-refractivity contribution < 1.29 is 14.7 Å². The normalized spacial score (nSPS) is 24.5. The van der Waals surface area contributed by atoms with Crippen molar-refractivity contribution in [2.24, 2.45) is 11.1 Å². The lowest BCUT2D eigenvalue weighted by atomic mass is 9.91. The standard InChI is InChI=1S/C17H28N4O3/c1-13(2)24-19-16(12-18)14-5-9-20(10-6-14)15-4-3-8-21(11-7-15)17(22)23/h13-15H,3-11H2,1-2H3,(H,22,23)/b19-16+. The van der Waals surface area contributed by atoms with E-state index < -0.39 is 6.09 Å². The van der Waals surface area contributed by atoms with E-state index in [-0.39, 0.29) is 12.0 Å². The average molecular weight is 336 g/mol. The van der Waals surface area contributed by atoms with Crippen molar-refractivity contribution in [3.05, 3.63) is 0 Å². The Morgan fingerprint density at radius 1 is 1.21 bits per heavy atom. The zero-order valence-electron chi connectivity index (χ0n) is 14.6. The lowest BCUT2D eigenvalue weighted by Gasteiger charge is -2.36. The van der Waals surface area contributed by atoms with Crippen LogP contribution < -0.4 is 0 Å². The fraction of sp³-hybridized carbons (Fsp3) is 0.824. The minimum atomic E-state index is -0.811. The number of carboxylic acid groups (broad SMARTS) is 1. The third kappa shape index (κ3) is 5.10. The first-order valence-electron chi connectivity index (χ1n) is 8.87. The second kappa shape index (κ2) is 8.88. The van der Waals surface area contributed by atoms with Crippen molar-refractivity contribution in [1.29, 1.82) is 5.26 Å². The van der Waals surface area contributed by atoms with E-state index in [1.54, 1.807) is 0 Å². The van der Waals surface area contributed by atoms with Crippen molar-refractivity contribution in [3.8, 4) is 6.07 Å². The molecule has 0 bridgehead atoms. The van der Waals surface area contributed by atoms with Crippen molar-refractivity contribution in [2.45, 2.75) is 58.1 Å². The van der Waals surface area contributed by atoms with Crippen LogP contribution >= 0.6 is 0 Å². The summed E-state index contributed by atoms with van der Waals surface area (Å²) < 4.78 is 0. The summed E-state index contributed by atoms with van der Waals surface area (Å²) >= 11 is 0. The van der Waals surface area contributed by atoms with Gasteiger partial charge in [-0.1, -0.05) is 5.16 Å². The molecule has 0 radical (unpaired) electrons. The first-order valence-corrected chi connectivity index (χ1v) is 8.87. The van der Waals surface area contributed by atoms with Gasteiger partial charge in [-0.3, -0.25) is 0 Å². The maximum atomic E-state index is 11.1. The maximum absolute atomic E-state index is 11.1. The first-order chi connectivity index (χ1) is 11.5. The summed E-state index contributed by atoms with van der Waals surface area (Å²) in [7, 11) is 0. The van der Waals surface area contributed by atoms with Gasteiger partial charge < -0.3 is 19.7 Å². The van der Waals surface area contributed by atoms with E-state index in [4.69, 9.17) is 9.94 Å². The highest BCUT2D eigenvalue weighted by Crippen LogP contribution is 2.25. The number of hydrogen-bond donors (Lipinski definition) is 1. The number of amides is 1. The van der Waals surface area contributed by atoms with Crippen molar-refractivity contribution >= 4 is 11.8 Å². The van der Waals surface area contributed by atoms with E-state index in [1.807, 2.05) is 13.8 Å². The van der Waals surface area contributed by atoms with Crippen molar-refractivity contribution in [2.75, 3.05) is 26.2 Å². The molecule has 0 saturated carbocycles. The molecular formula is C17H28N4O3. The first kappa shape index (κ1) is 18.5. The molecule has 1 atom stereocenters. The molecule has 1 N–H and O–H groups in total. The highest BCUT2D eigenvalue weighted by Gasteiger charge is 2.30. The average Bonchev–Trinajstić information content (AvgIpc) is 2.82. The van der Waals surface area contributed by atoms with Crippen molar-refractivity contribution in [3.63, 3.8) is 0 Å². The molecule has 0 spiro atoms. The Morgan fingerprint density at radius 3 is 2.50 bits per heavy atom. The van der Waals surface area contributed by atoms with Crippen LogP contribution in [0.2, 0.25) is 0 Å². The Morgan fingerprint density at radius 2 is 1.92 bits per heavy atom. The fourth-order valence-corrected chi connectivity index (χ4v) is 3.52. The molecule has 2 fully saturated rings. The summed E-state index contributed by atoms with van der Waals surface area (Å²) in [5.74, 6) is 0.172. The quantitative estimate of drug-likeness (QED) is 0.629. The van der Waals surface area contributed by atoms with Crippen LogP contribution in [0.3, 0.4) is 0 Å². The molecule has 2 saturated heterocycles. The second-order valence-corrected chi connectivity index (χ2v) is 6.91. The van der Waals surface area contributed by atoms with Crippen LogP contribution in [0.15, 0.2) is 5.16 Å². The molecule has 0 aromatic carbocycles. The zero-order chi connectivity index (χ0) is 17.5. The largest absolute Gasteiger partial charge is 0.465 e. The minimum Gasteiger partial charge on any atom is -0.465 e. The highest BCUT2D eigenvalue weighted by molar-refractivity contribution is 5.99. The molecule has 2 aliphatic rings.